The van der Waals surface area contributed by atoms with Crippen LogP contribution in [0.15, 0.2) is 27.1 Å². The molecule has 1 aromatic rings. The Morgan fingerprint density at radius 2 is 1.67 bits per heavy atom. The minimum Gasteiger partial charge on any atom is -0.507 e. The molecule has 1 rings (SSSR count). The number of hydrogen-bond acceptors (Lipinski definition) is 2. The van der Waals surface area contributed by atoms with Crippen LogP contribution in [0.4, 0.5) is 0 Å². The molecule has 1 aromatic carbocycles. The number of benzene rings is 1. The summed E-state index contributed by atoms with van der Waals surface area (Å²) in [7, 11) is 0. The lowest BCUT2D eigenvalue weighted by atomic mass is 10.3. The Morgan fingerprint density at radius 3 is 1.93 bits per heavy atom. The summed E-state index contributed by atoms with van der Waals surface area (Å²) < 4.78 is 1.66. The van der Waals surface area contributed by atoms with Crippen molar-refractivity contribution in [1.82, 2.24) is 0 Å². The van der Waals surface area contributed by atoms with E-state index in [0.29, 0.717) is 15.1 Å². The van der Waals surface area contributed by atoms with E-state index in [1.165, 1.54) is 0 Å². The maximum Gasteiger partial charge on any atom is 0.129 e. The molecule has 0 saturated heterocycles. The lowest BCUT2D eigenvalue weighted by Crippen LogP contribution is -2.07. The van der Waals surface area contributed by atoms with Gasteiger partial charge >= 0.3 is 0 Å². The Balaban J connectivity index is 0.000000288. The summed E-state index contributed by atoms with van der Waals surface area (Å²) in [4.78, 5) is 0. The van der Waals surface area contributed by atoms with Crippen LogP contribution < -0.4 is 0 Å². The van der Waals surface area contributed by atoms with E-state index in [2.05, 4.69) is 63.7 Å². The smallest absolute Gasteiger partial charge is 0.129 e. The molecular weight excluding hydrogens is 460 g/mol. The van der Waals surface area contributed by atoms with E-state index < -0.39 is 0 Å². The van der Waals surface area contributed by atoms with Gasteiger partial charge in [0.05, 0.1) is 10.6 Å². The number of rotatable bonds is 2. The molecule has 0 heterocycles. The summed E-state index contributed by atoms with van der Waals surface area (Å²) in [6.07, 6.45) is -0.231. The molecular formula is C9H10Br4O2. The van der Waals surface area contributed by atoms with Crippen molar-refractivity contribution in [3.63, 3.8) is 0 Å². The summed E-state index contributed by atoms with van der Waals surface area (Å²) in [5, 5.41) is 18.9. The predicted octanol–water partition coefficient (Wildman–Crippen LogP) is 4.05. The number of aromatic hydroxyl groups is 1. The lowest BCUT2D eigenvalue weighted by Gasteiger charge is -1.95. The highest BCUT2D eigenvalue weighted by Crippen LogP contribution is 2.26. The quantitative estimate of drug-likeness (QED) is 0.642. The SMILES string of the molecule is OC(CBr)CBr.Oc1ccc(Br)cc1Br. The monoisotopic (exact) mass is 466 g/mol. The predicted molar refractivity (Wildman–Crippen MR) is 77.1 cm³/mol. The van der Waals surface area contributed by atoms with Crippen molar-refractivity contribution < 1.29 is 10.2 Å². The number of phenolic OH excluding ortho intramolecular Hbond substituents is 1. The van der Waals surface area contributed by atoms with Gasteiger partial charge in [0.1, 0.15) is 5.75 Å². The molecule has 0 spiro atoms. The maximum atomic E-state index is 8.98. The molecule has 2 N–H and O–H groups in total. The van der Waals surface area contributed by atoms with Crippen LogP contribution in [0.2, 0.25) is 0 Å². The van der Waals surface area contributed by atoms with Crippen molar-refractivity contribution in [3.8, 4) is 5.75 Å². The van der Waals surface area contributed by atoms with Crippen molar-refractivity contribution in [2.45, 2.75) is 6.10 Å². The van der Waals surface area contributed by atoms with Gasteiger partial charge in [-0.05, 0) is 34.1 Å². The minimum atomic E-state index is -0.231. The molecule has 2 nitrogen and oxygen atoms in total. The van der Waals surface area contributed by atoms with Crippen LogP contribution in [0.1, 0.15) is 0 Å². The summed E-state index contributed by atoms with van der Waals surface area (Å²) in [6.45, 7) is 0. The van der Waals surface area contributed by atoms with E-state index in [4.69, 9.17) is 10.2 Å². The van der Waals surface area contributed by atoms with Crippen molar-refractivity contribution in [2.24, 2.45) is 0 Å². The molecule has 15 heavy (non-hydrogen) atoms. The maximum absolute atomic E-state index is 8.98. The molecule has 0 unspecified atom stereocenters. The third kappa shape index (κ3) is 7.74. The topological polar surface area (TPSA) is 40.5 Å². The van der Waals surface area contributed by atoms with E-state index in [9.17, 15) is 0 Å². The second-order valence-corrected chi connectivity index (χ2v) is 5.62. The van der Waals surface area contributed by atoms with Gasteiger partial charge in [0.2, 0.25) is 0 Å². The molecule has 6 heteroatoms. The van der Waals surface area contributed by atoms with Gasteiger partial charge in [-0.2, -0.15) is 0 Å². The molecule has 0 atom stereocenters. The zero-order valence-electron chi connectivity index (χ0n) is 7.63. The van der Waals surface area contributed by atoms with Gasteiger partial charge < -0.3 is 10.2 Å². The Kier molecular flexibility index (Phi) is 9.52. The molecule has 0 fully saturated rings. The first kappa shape index (κ1) is 15.9. The Labute approximate surface area is 123 Å². The number of hydrogen-bond donors (Lipinski definition) is 2. The standard InChI is InChI=1S/C6H4Br2O.C3H6Br2O/c7-4-1-2-6(9)5(8)3-4;4-1-3(6)2-5/h1-3,9H;3,6H,1-2H2. The zero-order chi connectivity index (χ0) is 11.8. The van der Waals surface area contributed by atoms with Crippen molar-refractivity contribution in [1.29, 1.82) is 0 Å². The zero-order valence-corrected chi connectivity index (χ0v) is 14.0. The van der Waals surface area contributed by atoms with Crippen molar-refractivity contribution >= 4 is 63.7 Å². The Morgan fingerprint density at radius 1 is 1.13 bits per heavy atom. The first-order chi connectivity index (χ1) is 7.01. The number of phenols is 1. The fraction of sp³-hybridized carbons (Fsp3) is 0.333. The molecule has 0 aliphatic carbocycles. The number of aliphatic hydroxyl groups excluding tert-OH is 1. The second kappa shape index (κ2) is 8.98. The van der Waals surface area contributed by atoms with Gasteiger partial charge in [0.25, 0.3) is 0 Å². The summed E-state index contributed by atoms with van der Waals surface area (Å²) in [6, 6.07) is 5.18. The van der Waals surface area contributed by atoms with E-state index in [1.54, 1.807) is 18.2 Å². The molecule has 0 aliphatic heterocycles. The first-order valence-corrected chi connectivity index (χ1v) is 7.78. The second-order valence-electron chi connectivity index (χ2n) is 2.56. The normalized spacial score (nSPS) is 9.73. The van der Waals surface area contributed by atoms with E-state index in [1.807, 2.05) is 0 Å². The lowest BCUT2D eigenvalue weighted by molar-refractivity contribution is 0.227. The van der Waals surface area contributed by atoms with Crippen LogP contribution in [0, 0.1) is 0 Å². The van der Waals surface area contributed by atoms with Gasteiger partial charge in [0.15, 0.2) is 0 Å². The molecule has 0 aromatic heterocycles. The molecule has 0 bridgehead atoms. The highest BCUT2D eigenvalue weighted by Gasteiger charge is 1.95. The van der Waals surface area contributed by atoms with Crippen molar-refractivity contribution in [3.05, 3.63) is 27.1 Å². The highest BCUT2D eigenvalue weighted by atomic mass is 79.9. The highest BCUT2D eigenvalue weighted by molar-refractivity contribution is 9.11. The van der Waals surface area contributed by atoms with Gasteiger partial charge in [-0.1, -0.05) is 47.8 Å². The Hall–Kier alpha value is 0.900. The molecule has 0 amide bonds. The summed E-state index contributed by atoms with van der Waals surface area (Å²) >= 11 is 12.6. The van der Waals surface area contributed by atoms with Crippen LogP contribution in [-0.4, -0.2) is 27.0 Å². The fourth-order valence-corrected chi connectivity index (χ4v) is 2.64. The average molecular weight is 470 g/mol. The molecule has 0 aliphatic rings. The van der Waals surface area contributed by atoms with Crippen LogP contribution in [0.5, 0.6) is 5.75 Å². The molecule has 0 saturated carbocycles. The van der Waals surface area contributed by atoms with Gasteiger partial charge in [-0.15, -0.1) is 0 Å². The summed E-state index contributed by atoms with van der Waals surface area (Å²) in [5.74, 6) is 0.262. The Bertz CT molecular complexity index is 289. The van der Waals surface area contributed by atoms with Crippen LogP contribution in [0.3, 0.4) is 0 Å². The number of alkyl halides is 2. The molecule has 0 radical (unpaired) electrons. The van der Waals surface area contributed by atoms with Gasteiger partial charge in [-0.3, -0.25) is 0 Å². The average Bonchev–Trinajstić information content (AvgIpc) is 2.23. The van der Waals surface area contributed by atoms with Crippen LogP contribution in [0.25, 0.3) is 0 Å². The first-order valence-electron chi connectivity index (χ1n) is 3.95. The third-order valence-corrected chi connectivity index (χ3v) is 3.89. The van der Waals surface area contributed by atoms with E-state index in [0.717, 1.165) is 4.47 Å². The fourth-order valence-electron chi connectivity index (χ4n) is 0.523. The molecule has 86 valence electrons. The summed E-state index contributed by atoms with van der Waals surface area (Å²) in [5.41, 5.74) is 0. The van der Waals surface area contributed by atoms with Gasteiger partial charge in [-0.25, -0.2) is 0 Å². The van der Waals surface area contributed by atoms with Crippen molar-refractivity contribution in [2.75, 3.05) is 10.7 Å². The largest absolute Gasteiger partial charge is 0.507 e. The number of halogens is 4. The minimum absolute atomic E-state index is 0.231. The van der Waals surface area contributed by atoms with Crippen LogP contribution in [-0.2, 0) is 0 Å². The number of aliphatic hydroxyl groups is 1. The van der Waals surface area contributed by atoms with E-state index in [-0.39, 0.29) is 11.9 Å². The van der Waals surface area contributed by atoms with Gasteiger partial charge in [0, 0.05) is 15.1 Å². The van der Waals surface area contributed by atoms with Crippen LogP contribution >= 0.6 is 63.7 Å². The third-order valence-electron chi connectivity index (χ3n) is 1.27. The van der Waals surface area contributed by atoms with E-state index >= 15 is 0 Å².